The third-order valence-corrected chi connectivity index (χ3v) is 3.80. The molecular formula is C13H21N3O6. The Labute approximate surface area is 126 Å². The van der Waals surface area contributed by atoms with E-state index in [1.165, 1.54) is 13.3 Å². The van der Waals surface area contributed by atoms with E-state index in [0.717, 1.165) is 4.57 Å². The first-order valence-electron chi connectivity index (χ1n) is 6.98. The summed E-state index contributed by atoms with van der Waals surface area (Å²) in [6.45, 7) is 1.41. The van der Waals surface area contributed by atoms with Crippen LogP contribution in [0.4, 0.5) is 5.82 Å². The van der Waals surface area contributed by atoms with Gasteiger partial charge in [0.1, 0.15) is 24.1 Å². The molecule has 9 heteroatoms. The highest BCUT2D eigenvalue weighted by molar-refractivity contribution is 5.38. The van der Waals surface area contributed by atoms with Gasteiger partial charge in [-0.1, -0.05) is 6.92 Å². The monoisotopic (exact) mass is 315 g/mol. The molecule has 9 nitrogen and oxygen atoms in total. The van der Waals surface area contributed by atoms with E-state index in [1.807, 2.05) is 6.92 Å². The van der Waals surface area contributed by atoms with Gasteiger partial charge in [-0.25, -0.2) is 4.79 Å². The Morgan fingerprint density at radius 1 is 1.50 bits per heavy atom. The second-order valence-electron chi connectivity index (χ2n) is 5.13. The molecule has 1 saturated heterocycles. The van der Waals surface area contributed by atoms with Crippen LogP contribution >= 0.6 is 0 Å². The molecule has 0 bridgehead atoms. The third-order valence-electron chi connectivity index (χ3n) is 3.80. The van der Waals surface area contributed by atoms with E-state index in [2.05, 4.69) is 4.98 Å². The molecule has 0 saturated carbocycles. The van der Waals surface area contributed by atoms with Crippen LogP contribution in [0.25, 0.3) is 0 Å². The minimum absolute atomic E-state index is 0.0432. The molecular weight excluding hydrogens is 294 g/mol. The summed E-state index contributed by atoms with van der Waals surface area (Å²) >= 11 is 0. The van der Waals surface area contributed by atoms with Crippen LogP contribution in [0.3, 0.4) is 0 Å². The fraction of sp³-hybridized carbons (Fsp3) is 0.692. The number of aromatic nitrogens is 2. The highest BCUT2D eigenvalue weighted by Gasteiger charge is 2.44. The lowest BCUT2D eigenvalue weighted by Crippen LogP contribution is -2.36. The molecule has 1 aliphatic rings. The lowest BCUT2D eigenvalue weighted by Gasteiger charge is -2.21. The summed E-state index contributed by atoms with van der Waals surface area (Å²) in [6.07, 6.45) is -3.14. The van der Waals surface area contributed by atoms with Gasteiger partial charge in [0, 0.05) is 18.9 Å². The highest BCUT2D eigenvalue weighted by atomic mass is 16.6. The number of nitrogens with zero attached hydrogens (tertiary/aromatic N) is 2. The molecule has 1 fully saturated rings. The van der Waals surface area contributed by atoms with E-state index in [9.17, 15) is 15.0 Å². The van der Waals surface area contributed by atoms with Gasteiger partial charge in [0.05, 0.1) is 12.7 Å². The molecule has 0 amide bonds. The zero-order chi connectivity index (χ0) is 16.4. The summed E-state index contributed by atoms with van der Waals surface area (Å²) in [5, 5.41) is 28.9. The molecule has 5 N–H and O–H groups in total. The minimum atomic E-state index is -1.37. The normalized spacial score (nSPS) is 29.7. The SMILES string of the molecule is CCC(OC)c1cn([C@@H]2O[C@H](CO)[C@@H](O)[C@H]2O)c(=O)nc1N. The van der Waals surface area contributed by atoms with E-state index >= 15 is 0 Å². The lowest BCUT2D eigenvalue weighted by molar-refractivity contribution is -0.0553. The van der Waals surface area contributed by atoms with Crippen molar-refractivity contribution in [2.75, 3.05) is 19.5 Å². The number of ether oxygens (including phenoxy) is 2. The fourth-order valence-corrected chi connectivity index (χ4v) is 2.55. The van der Waals surface area contributed by atoms with E-state index < -0.39 is 36.8 Å². The zero-order valence-electron chi connectivity index (χ0n) is 12.4. The van der Waals surface area contributed by atoms with Crippen molar-refractivity contribution in [3.63, 3.8) is 0 Å². The van der Waals surface area contributed by atoms with Gasteiger partial charge in [0.15, 0.2) is 6.23 Å². The molecule has 5 atom stereocenters. The molecule has 1 aromatic heterocycles. The lowest BCUT2D eigenvalue weighted by atomic mass is 10.1. The first kappa shape index (κ1) is 16.8. The molecule has 1 unspecified atom stereocenters. The number of aliphatic hydroxyl groups is 3. The molecule has 2 heterocycles. The van der Waals surface area contributed by atoms with E-state index in [4.69, 9.17) is 20.3 Å². The molecule has 0 aromatic carbocycles. The summed E-state index contributed by atoms with van der Waals surface area (Å²) in [6, 6.07) is 0. The Morgan fingerprint density at radius 2 is 2.18 bits per heavy atom. The predicted octanol–water partition coefficient (Wildman–Crippen LogP) is -1.47. The van der Waals surface area contributed by atoms with Crippen molar-refractivity contribution in [2.24, 2.45) is 0 Å². The van der Waals surface area contributed by atoms with Crippen molar-refractivity contribution < 1.29 is 24.8 Å². The Balaban J connectivity index is 2.43. The van der Waals surface area contributed by atoms with Crippen LogP contribution in [0.15, 0.2) is 11.0 Å². The van der Waals surface area contributed by atoms with Crippen LogP contribution in [0.1, 0.15) is 31.2 Å². The first-order chi connectivity index (χ1) is 10.4. The van der Waals surface area contributed by atoms with Crippen molar-refractivity contribution in [3.05, 3.63) is 22.2 Å². The van der Waals surface area contributed by atoms with Crippen LogP contribution in [-0.4, -0.2) is 56.9 Å². The maximum absolute atomic E-state index is 12.0. The van der Waals surface area contributed by atoms with Gasteiger partial charge in [0.2, 0.25) is 0 Å². The number of hydrogen-bond acceptors (Lipinski definition) is 8. The standard InChI is InChI=1S/C13H21N3O6/c1-3-7(21-2)6-4-16(13(20)15-11(6)14)12-10(19)9(18)8(5-17)22-12/h4,7-10,12,17-19H,3,5H2,1-2H3,(H2,14,15,20)/t7?,8-,9-,10-,12-/m1/s1. The van der Waals surface area contributed by atoms with Gasteiger partial charge in [-0.05, 0) is 6.42 Å². The molecule has 2 rings (SSSR count). The number of hydrogen-bond donors (Lipinski definition) is 4. The molecule has 0 radical (unpaired) electrons. The van der Waals surface area contributed by atoms with Crippen molar-refractivity contribution in [1.82, 2.24) is 9.55 Å². The van der Waals surface area contributed by atoms with Gasteiger partial charge in [-0.3, -0.25) is 4.57 Å². The van der Waals surface area contributed by atoms with Crippen LogP contribution < -0.4 is 11.4 Å². The molecule has 22 heavy (non-hydrogen) atoms. The van der Waals surface area contributed by atoms with Crippen molar-refractivity contribution in [3.8, 4) is 0 Å². The van der Waals surface area contributed by atoms with Gasteiger partial charge >= 0.3 is 5.69 Å². The van der Waals surface area contributed by atoms with Crippen LogP contribution in [0.2, 0.25) is 0 Å². The predicted molar refractivity (Wildman–Crippen MR) is 76.0 cm³/mol. The average molecular weight is 315 g/mol. The number of methoxy groups -OCH3 is 1. The minimum Gasteiger partial charge on any atom is -0.394 e. The van der Waals surface area contributed by atoms with Crippen LogP contribution in [-0.2, 0) is 9.47 Å². The Bertz CT molecular complexity index is 573. The maximum atomic E-state index is 12.0. The number of aliphatic hydroxyl groups excluding tert-OH is 3. The summed E-state index contributed by atoms with van der Waals surface area (Å²) in [5.41, 5.74) is 5.53. The van der Waals surface area contributed by atoms with Gasteiger partial charge < -0.3 is 30.5 Å². The van der Waals surface area contributed by atoms with Gasteiger partial charge in [0.25, 0.3) is 0 Å². The zero-order valence-corrected chi connectivity index (χ0v) is 12.4. The van der Waals surface area contributed by atoms with Gasteiger partial charge in [-0.2, -0.15) is 4.98 Å². The van der Waals surface area contributed by atoms with Crippen molar-refractivity contribution in [1.29, 1.82) is 0 Å². The Morgan fingerprint density at radius 3 is 2.68 bits per heavy atom. The highest BCUT2D eigenvalue weighted by Crippen LogP contribution is 2.30. The number of nitrogens with two attached hydrogens (primary N) is 1. The third kappa shape index (κ3) is 2.85. The largest absolute Gasteiger partial charge is 0.394 e. The molecule has 1 aliphatic heterocycles. The number of anilines is 1. The summed E-state index contributed by atoms with van der Waals surface area (Å²) in [7, 11) is 1.51. The fourth-order valence-electron chi connectivity index (χ4n) is 2.55. The van der Waals surface area contributed by atoms with Gasteiger partial charge in [-0.15, -0.1) is 0 Å². The van der Waals surface area contributed by atoms with Crippen molar-refractivity contribution >= 4 is 5.82 Å². The summed E-state index contributed by atoms with van der Waals surface area (Å²) in [4.78, 5) is 15.7. The second-order valence-corrected chi connectivity index (χ2v) is 5.13. The quantitative estimate of drug-likeness (QED) is 0.516. The van der Waals surface area contributed by atoms with Crippen LogP contribution in [0.5, 0.6) is 0 Å². The summed E-state index contributed by atoms with van der Waals surface area (Å²) in [5.74, 6) is 0.0432. The molecule has 1 aromatic rings. The summed E-state index contributed by atoms with van der Waals surface area (Å²) < 4.78 is 11.7. The topological polar surface area (TPSA) is 140 Å². The second kappa shape index (κ2) is 6.71. The first-order valence-corrected chi connectivity index (χ1v) is 6.98. The number of rotatable bonds is 5. The molecule has 0 spiro atoms. The molecule has 0 aliphatic carbocycles. The Kier molecular flexibility index (Phi) is 5.14. The van der Waals surface area contributed by atoms with Crippen LogP contribution in [0, 0.1) is 0 Å². The maximum Gasteiger partial charge on any atom is 0.351 e. The van der Waals surface area contributed by atoms with Crippen molar-refractivity contribution in [2.45, 2.75) is 44.0 Å². The number of nitrogen functional groups attached to an aromatic ring is 1. The smallest absolute Gasteiger partial charge is 0.351 e. The van der Waals surface area contributed by atoms with E-state index in [-0.39, 0.29) is 11.9 Å². The van der Waals surface area contributed by atoms with E-state index in [0.29, 0.717) is 12.0 Å². The Hall–Kier alpha value is -1.52. The average Bonchev–Trinajstić information content (AvgIpc) is 2.78. The van der Waals surface area contributed by atoms with E-state index in [1.54, 1.807) is 0 Å². The molecule has 124 valence electrons.